The first-order valence-electron chi connectivity index (χ1n) is 5.72. The summed E-state index contributed by atoms with van der Waals surface area (Å²) in [6.45, 7) is 0.267. The van der Waals surface area contributed by atoms with Crippen LogP contribution >= 0.6 is 11.3 Å². The van der Waals surface area contributed by atoms with E-state index in [4.69, 9.17) is 15.2 Å². The van der Waals surface area contributed by atoms with E-state index < -0.39 is 0 Å². The lowest BCUT2D eigenvalue weighted by Gasteiger charge is -2.10. The summed E-state index contributed by atoms with van der Waals surface area (Å²) in [5, 5.41) is 11.3. The van der Waals surface area contributed by atoms with Gasteiger partial charge in [0, 0.05) is 6.07 Å². The normalized spacial score (nSPS) is 10.1. The summed E-state index contributed by atoms with van der Waals surface area (Å²) >= 11 is 1.23. The molecule has 0 aliphatic carbocycles. The number of rotatable bonds is 5. The Morgan fingerprint density at radius 1 is 1.35 bits per heavy atom. The van der Waals surface area contributed by atoms with Crippen LogP contribution in [0.25, 0.3) is 0 Å². The number of nitrogens with two attached hydrogens (primary N) is 1. The number of anilines is 1. The van der Waals surface area contributed by atoms with Crippen molar-refractivity contribution in [1.82, 2.24) is 15.5 Å². The van der Waals surface area contributed by atoms with Gasteiger partial charge in [-0.1, -0.05) is 11.3 Å². The maximum atomic E-state index is 12.1. The molecule has 2 aromatic rings. The number of hydrogen-bond donors (Lipinski definition) is 2. The Morgan fingerprint density at radius 3 is 2.75 bits per heavy atom. The van der Waals surface area contributed by atoms with Crippen molar-refractivity contribution in [1.29, 1.82) is 0 Å². The van der Waals surface area contributed by atoms with Crippen LogP contribution in [0.5, 0.6) is 11.5 Å². The summed E-state index contributed by atoms with van der Waals surface area (Å²) in [4.78, 5) is 12.1. The Kier molecular flexibility index (Phi) is 4.36. The van der Waals surface area contributed by atoms with Crippen molar-refractivity contribution >= 4 is 22.4 Å². The molecule has 1 aromatic heterocycles. The largest absolute Gasteiger partial charge is 0.497 e. The number of benzene rings is 1. The third kappa shape index (κ3) is 3.15. The number of aromatic nitrogens is 2. The van der Waals surface area contributed by atoms with Crippen molar-refractivity contribution in [2.75, 3.05) is 20.0 Å². The molecule has 0 unspecified atom stereocenters. The average Bonchev–Trinajstić information content (AvgIpc) is 2.89. The number of amides is 1. The van der Waals surface area contributed by atoms with E-state index >= 15 is 0 Å². The molecular weight excluding hydrogens is 280 g/mol. The first-order valence-corrected chi connectivity index (χ1v) is 6.53. The third-order valence-corrected chi connectivity index (χ3v) is 3.29. The number of carbonyl (C=O) groups is 1. The van der Waals surface area contributed by atoms with E-state index in [0.717, 1.165) is 0 Å². The third-order valence-electron chi connectivity index (χ3n) is 2.54. The maximum absolute atomic E-state index is 12.1. The molecule has 0 aliphatic heterocycles. The number of nitrogens with one attached hydrogen (secondary N) is 1. The highest BCUT2D eigenvalue weighted by molar-refractivity contribution is 7.15. The fourth-order valence-electron chi connectivity index (χ4n) is 1.58. The van der Waals surface area contributed by atoms with Gasteiger partial charge in [0.15, 0.2) is 0 Å². The number of nitrogens with zero attached hydrogens (tertiary/aromatic N) is 2. The van der Waals surface area contributed by atoms with Crippen molar-refractivity contribution < 1.29 is 14.3 Å². The van der Waals surface area contributed by atoms with Gasteiger partial charge in [-0.15, -0.1) is 10.2 Å². The van der Waals surface area contributed by atoms with Crippen LogP contribution < -0.4 is 20.5 Å². The maximum Gasteiger partial charge on any atom is 0.255 e. The summed E-state index contributed by atoms with van der Waals surface area (Å²) in [6.07, 6.45) is 0. The van der Waals surface area contributed by atoms with Gasteiger partial charge >= 0.3 is 0 Å². The van der Waals surface area contributed by atoms with Gasteiger partial charge in [0.1, 0.15) is 16.5 Å². The highest BCUT2D eigenvalue weighted by Gasteiger charge is 2.13. The Balaban J connectivity index is 2.08. The predicted molar refractivity (Wildman–Crippen MR) is 75.0 cm³/mol. The lowest BCUT2D eigenvalue weighted by molar-refractivity contribution is 0.0947. The minimum Gasteiger partial charge on any atom is -0.497 e. The fraction of sp³-hybridized carbons (Fsp3) is 0.250. The second kappa shape index (κ2) is 6.20. The second-order valence-corrected chi connectivity index (χ2v) is 4.88. The van der Waals surface area contributed by atoms with Crippen molar-refractivity contribution in [3.63, 3.8) is 0 Å². The van der Waals surface area contributed by atoms with E-state index in [1.165, 1.54) is 18.4 Å². The molecule has 0 bridgehead atoms. The molecule has 1 heterocycles. The molecule has 8 heteroatoms. The van der Waals surface area contributed by atoms with Crippen LogP contribution in [0.3, 0.4) is 0 Å². The second-order valence-electron chi connectivity index (χ2n) is 3.78. The minimum absolute atomic E-state index is 0.265. The van der Waals surface area contributed by atoms with Gasteiger partial charge in [0.2, 0.25) is 5.13 Å². The first kappa shape index (κ1) is 14.1. The van der Waals surface area contributed by atoms with Crippen LogP contribution in [0.1, 0.15) is 15.4 Å². The summed E-state index contributed by atoms with van der Waals surface area (Å²) in [5.41, 5.74) is 5.89. The number of hydrogen-bond acceptors (Lipinski definition) is 7. The average molecular weight is 294 g/mol. The van der Waals surface area contributed by atoms with Gasteiger partial charge in [-0.25, -0.2) is 0 Å². The first-order chi connectivity index (χ1) is 9.63. The van der Waals surface area contributed by atoms with E-state index in [1.807, 2.05) is 0 Å². The van der Waals surface area contributed by atoms with Gasteiger partial charge in [0.05, 0.1) is 26.3 Å². The molecule has 1 aromatic carbocycles. The number of methoxy groups -OCH3 is 2. The van der Waals surface area contributed by atoms with E-state index in [2.05, 4.69) is 15.5 Å². The van der Waals surface area contributed by atoms with Gasteiger partial charge in [-0.3, -0.25) is 4.79 Å². The zero-order valence-corrected chi connectivity index (χ0v) is 11.9. The van der Waals surface area contributed by atoms with Crippen LogP contribution in [-0.2, 0) is 6.54 Å². The lowest BCUT2D eigenvalue weighted by atomic mass is 10.1. The van der Waals surface area contributed by atoms with Gasteiger partial charge < -0.3 is 20.5 Å². The van der Waals surface area contributed by atoms with Crippen molar-refractivity contribution in [3.05, 3.63) is 28.8 Å². The minimum atomic E-state index is -0.265. The van der Waals surface area contributed by atoms with E-state index in [-0.39, 0.29) is 12.5 Å². The highest BCUT2D eigenvalue weighted by atomic mass is 32.1. The number of nitrogen functional groups attached to an aromatic ring is 1. The molecule has 7 nitrogen and oxygen atoms in total. The molecule has 3 N–H and O–H groups in total. The number of ether oxygens (including phenoxy) is 2. The predicted octanol–water partition coefficient (Wildman–Crippen LogP) is 1.07. The molecule has 0 atom stereocenters. The van der Waals surface area contributed by atoms with E-state index in [9.17, 15) is 4.79 Å². The topological polar surface area (TPSA) is 99.4 Å². The summed E-state index contributed by atoms with van der Waals surface area (Å²) in [5.74, 6) is 0.798. The van der Waals surface area contributed by atoms with Crippen molar-refractivity contribution in [3.8, 4) is 11.5 Å². The molecule has 20 heavy (non-hydrogen) atoms. The zero-order valence-electron chi connectivity index (χ0n) is 11.0. The lowest BCUT2D eigenvalue weighted by Crippen LogP contribution is -2.23. The Morgan fingerprint density at radius 2 is 2.15 bits per heavy atom. The van der Waals surface area contributed by atoms with Gasteiger partial charge in [0.25, 0.3) is 5.91 Å². The van der Waals surface area contributed by atoms with Crippen LogP contribution in [0, 0.1) is 0 Å². The van der Waals surface area contributed by atoms with Crippen LogP contribution in [0.15, 0.2) is 18.2 Å². The Hall–Kier alpha value is -2.35. The molecule has 1 amide bonds. The molecule has 0 radical (unpaired) electrons. The Bertz CT molecular complexity index is 614. The van der Waals surface area contributed by atoms with Crippen LogP contribution in [-0.4, -0.2) is 30.3 Å². The van der Waals surface area contributed by atoms with E-state index in [0.29, 0.717) is 27.2 Å². The standard InChI is InChI=1S/C12H14N4O3S/c1-18-7-3-4-8(9(5-7)19-2)11(17)14-6-10-15-16-12(13)20-10/h3-5H,6H2,1-2H3,(H2,13,16)(H,14,17). The number of carbonyl (C=O) groups excluding carboxylic acids is 1. The zero-order chi connectivity index (χ0) is 14.5. The molecule has 0 aliphatic rings. The highest BCUT2D eigenvalue weighted by Crippen LogP contribution is 2.24. The van der Waals surface area contributed by atoms with Crippen molar-refractivity contribution in [2.45, 2.75) is 6.54 Å². The van der Waals surface area contributed by atoms with Crippen molar-refractivity contribution in [2.24, 2.45) is 0 Å². The van der Waals surface area contributed by atoms with E-state index in [1.54, 1.807) is 25.3 Å². The fourth-order valence-corrected chi connectivity index (χ4v) is 2.12. The molecule has 0 spiro atoms. The smallest absolute Gasteiger partial charge is 0.255 e. The SMILES string of the molecule is COc1ccc(C(=O)NCc2nnc(N)s2)c(OC)c1. The van der Waals surface area contributed by atoms with Crippen LogP contribution in [0.2, 0.25) is 0 Å². The molecular formula is C12H14N4O3S. The molecule has 106 valence electrons. The molecule has 0 saturated heterocycles. The summed E-state index contributed by atoms with van der Waals surface area (Å²) in [6, 6.07) is 4.99. The summed E-state index contributed by atoms with van der Waals surface area (Å²) < 4.78 is 10.3. The molecule has 0 saturated carbocycles. The Labute approximate surface area is 119 Å². The van der Waals surface area contributed by atoms with Gasteiger partial charge in [-0.2, -0.15) is 0 Å². The summed E-state index contributed by atoms with van der Waals surface area (Å²) in [7, 11) is 3.05. The monoisotopic (exact) mass is 294 g/mol. The molecule has 0 fully saturated rings. The molecule has 2 rings (SSSR count). The van der Waals surface area contributed by atoms with Gasteiger partial charge in [-0.05, 0) is 12.1 Å². The van der Waals surface area contributed by atoms with Crippen LogP contribution in [0.4, 0.5) is 5.13 Å². The quantitative estimate of drug-likeness (QED) is 0.855.